The van der Waals surface area contributed by atoms with Crippen molar-refractivity contribution < 1.29 is 13.9 Å². The zero-order valence-corrected chi connectivity index (χ0v) is 9.33. The number of ether oxygens (including phenoxy) is 2. The van der Waals surface area contributed by atoms with Crippen LogP contribution in [0.15, 0.2) is 12.1 Å². The Balaban J connectivity index is 2.00. The van der Waals surface area contributed by atoms with Crippen molar-refractivity contribution in [1.82, 2.24) is 0 Å². The summed E-state index contributed by atoms with van der Waals surface area (Å²) in [6.07, 6.45) is 3.64. The monoisotopic (exact) mass is 225 g/mol. The normalized spacial score (nSPS) is 14.9. The number of halogens is 1. The van der Waals surface area contributed by atoms with E-state index < -0.39 is 5.82 Å². The third kappa shape index (κ3) is 2.56. The molecule has 0 saturated heterocycles. The SMILES string of the molecule is COc1cc(OCCC2CC2)c(N)cc1F. The van der Waals surface area contributed by atoms with Crippen molar-refractivity contribution >= 4 is 5.69 Å². The first-order chi connectivity index (χ1) is 7.70. The molecule has 1 aromatic carbocycles. The summed E-state index contributed by atoms with van der Waals surface area (Å²) < 4.78 is 23.6. The smallest absolute Gasteiger partial charge is 0.167 e. The molecule has 0 heterocycles. The van der Waals surface area contributed by atoms with Gasteiger partial charge in [-0.25, -0.2) is 4.39 Å². The Hall–Kier alpha value is -1.45. The quantitative estimate of drug-likeness (QED) is 0.783. The van der Waals surface area contributed by atoms with Crippen molar-refractivity contribution in [3.05, 3.63) is 17.9 Å². The fourth-order valence-corrected chi connectivity index (χ4v) is 1.57. The summed E-state index contributed by atoms with van der Waals surface area (Å²) in [4.78, 5) is 0. The van der Waals surface area contributed by atoms with E-state index in [1.165, 1.54) is 32.1 Å². The number of nitrogens with two attached hydrogens (primary N) is 1. The van der Waals surface area contributed by atoms with Crippen LogP contribution in [-0.4, -0.2) is 13.7 Å². The number of benzene rings is 1. The van der Waals surface area contributed by atoms with E-state index in [9.17, 15) is 4.39 Å². The molecule has 1 aliphatic rings. The summed E-state index contributed by atoms with van der Waals surface area (Å²) in [7, 11) is 1.42. The minimum absolute atomic E-state index is 0.163. The highest BCUT2D eigenvalue weighted by Gasteiger charge is 2.21. The maximum Gasteiger partial charge on any atom is 0.167 e. The second kappa shape index (κ2) is 4.60. The van der Waals surface area contributed by atoms with Gasteiger partial charge in [-0.1, -0.05) is 12.8 Å². The average molecular weight is 225 g/mol. The number of anilines is 1. The Morgan fingerprint density at radius 1 is 1.38 bits per heavy atom. The summed E-state index contributed by atoms with van der Waals surface area (Å²) >= 11 is 0. The molecular weight excluding hydrogens is 209 g/mol. The molecule has 2 rings (SSSR count). The van der Waals surface area contributed by atoms with Crippen LogP contribution in [0.2, 0.25) is 0 Å². The van der Waals surface area contributed by atoms with Crippen molar-refractivity contribution in [1.29, 1.82) is 0 Å². The van der Waals surface area contributed by atoms with E-state index >= 15 is 0 Å². The Morgan fingerprint density at radius 2 is 2.12 bits per heavy atom. The standard InChI is InChI=1S/C12H16FNO2/c1-15-11-7-12(10(14)6-9(11)13)16-5-4-8-2-3-8/h6-8H,2-5,14H2,1H3. The number of hydrogen-bond acceptors (Lipinski definition) is 3. The predicted octanol–water partition coefficient (Wildman–Crippen LogP) is 2.60. The number of hydrogen-bond donors (Lipinski definition) is 1. The first-order valence-corrected chi connectivity index (χ1v) is 5.46. The van der Waals surface area contributed by atoms with Gasteiger partial charge in [-0.05, 0) is 12.3 Å². The van der Waals surface area contributed by atoms with Gasteiger partial charge in [0.05, 0.1) is 19.4 Å². The second-order valence-electron chi connectivity index (χ2n) is 4.11. The molecule has 0 amide bonds. The van der Waals surface area contributed by atoms with Crippen LogP contribution >= 0.6 is 0 Å². The van der Waals surface area contributed by atoms with Crippen LogP contribution in [0.4, 0.5) is 10.1 Å². The molecule has 0 spiro atoms. The van der Waals surface area contributed by atoms with Gasteiger partial charge in [0, 0.05) is 12.1 Å². The summed E-state index contributed by atoms with van der Waals surface area (Å²) in [6, 6.07) is 2.73. The topological polar surface area (TPSA) is 44.5 Å². The van der Waals surface area contributed by atoms with Crippen LogP contribution in [0.3, 0.4) is 0 Å². The van der Waals surface area contributed by atoms with Crippen LogP contribution in [-0.2, 0) is 0 Å². The molecule has 0 aromatic heterocycles. The third-order valence-corrected chi connectivity index (χ3v) is 2.76. The molecule has 1 aliphatic carbocycles. The van der Waals surface area contributed by atoms with E-state index in [4.69, 9.17) is 15.2 Å². The molecule has 3 nitrogen and oxygen atoms in total. The maximum absolute atomic E-state index is 13.2. The molecule has 1 saturated carbocycles. The lowest BCUT2D eigenvalue weighted by Gasteiger charge is -2.10. The van der Waals surface area contributed by atoms with Crippen molar-refractivity contribution in [3.63, 3.8) is 0 Å². The number of rotatable bonds is 5. The lowest BCUT2D eigenvalue weighted by molar-refractivity contribution is 0.300. The molecule has 16 heavy (non-hydrogen) atoms. The van der Waals surface area contributed by atoms with Gasteiger partial charge in [-0.3, -0.25) is 0 Å². The number of nitrogen functional groups attached to an aromatic ring is 1. The van der Waals surface area contributed by atoms with Gasteiger partial charge in [0.2, 0.25) is 0 Å². The van der Waals surface area contributed by atoms with Gasteiger partial charge in [0.25, 0.3) is 0 Å². The molecule has 88 valence electrons. The highest BCUT2D eigenvalue weighted by Crippen LogP contribution is 2.34. The highest BCUT2D eigenvalue weighted by atomic mass is 19.1. The van der Waals surface area contributed by atoms with Gasteiger partial charge in [0.15, 0.2) is 11.6 Å². The van der Waals surface area contributed by atoms with Crippen LogP contribution < -0.4 is 15.2 Å². The first-order valence-electron chi connectivity index (χ1n) is 5.46. The molecular formula is C12H16FNO2. The van der Waals surface area contributed by atoms with Gasteiger partial charge < -0.3 is 15.2 Å². The average Bonchev–Trinajstić information content (AvgIpc) is 3.05. The number of methoxy groups -OCH3 is 1. The van der Waals surface area contributed by atoms with Crippen LogP contribution in [0.5, 0.6) is 11.5 Å². The van der Waals surface area contributed by atoms with E-state index in [1.807, 2.05) is 0 Å². The first kappa shape index (κ1) is 11.0. The largest absolute Gasteiger partial charge is 0.494 e. The fraction of sp³-hybridized carbons (Fsp3) is 0.500. The molecule has 4 heteroatoms. The van der Waals surface area contributed by atoms with Crippen molar-refractivity contribution in [3.8, 4) is 11.5 Å². The summed E-state index contributed by atoms with van der Waals surface area (Å²) in [5.74, 6) is 1.01. The Bertz CT molecular complexity index is 378. The van der Waals surface area contributed by atoms with Gasteiger partial charge >= 0.3 is 0 Å². The zero-order chi connectivity index (χ0) is 11.5. The van der Waals surface area contributed by atoms with Crippen molar-refractivity contribution in [2.24, 2.45) is 5.92 Å². The Kier molecular flexibility index (Phi) is 3.17. The highest BCUT2D eigenvalue weighted by molar-refractivity contribution is 5.56. The predicted molar refractivity (Wildman–Crippen MR) is 60.2 cm³/mol. The molecule has 0 unspecified atom stereocenters. The third-order valence-electron chi connectivity index (χ3n) is 2.76. The minimum atomic E-state index is -0.463. The van der Waals surface area contributed by atoms with E-state index in [0.717, 1.165) is 12.3 Å². The summed E-state index contributed by atoms with van der Waals surface area (Å²) in [5, 5.41) is 0. The molecule has 1 fully saturated rings. The van der Waals surface area contributed by atoms with E-state index in [2.05, 4.69) is 0 Å². The molecule has 0 aliphatic heterocycles. The van der Waals surface area contributed by atoms with E-state index in [-0.39, 0.29) is 5.75 Å². The van der Waals surface area contributed by atoms with Crippen LogP contribution in [0.25, 0.3) is 0 Å². The van der Waals surface area contributed by atoms with Crippen molar-refractivity contribution in [2.75, 3.05) is 19.5 Å². The van der Waals surface area contributed by atoms with E-state index in [1.54, 1.807) is 0 Å². The molecule has 0 radical (unpaired) electrons. The molecule has 2 N–H and O–H groups in total. The summed E-state index contributed by atoms with van der Waals surface area (Å²) in [6.45, 7) is 0.629. The molecule has 0 atom stereocenters. The minimum Gasteiger partial charge on any atom is -0.494 e. The lowest BCUT2D eigenvalue weighted by Crippen LogP contribution is -2.02. The second-order valence-corrected chi connectivity index (χ2v) is 4.11. The van der Waals surface area contributed by atoms with Gasteiger partial charge in [-0.2, -0.15) is 0 Å². The van der Waals surface area contributed by atoms with Gasteiger partial charge in [-0.15, -0.1) is 0 Å². The fourth-order valence-electron chi connectivity index (χ4n) is 1.57. The molecule has 0 bridgehead atoms. The van der Waals surface area contributed by atoms with Crippen molar-refractivity contribution in [2.45, 2.75) is 19.3 Å². The molecule has 1 aromatic rings. The van der Waals surface area contributed by atoms with Crippen LogP contribution in [0, 0.1) is 11.7 Å². The van der Waals surface area contributed by atoms with Crippen LogP contribution in [0.1, 0.15) is 19.3 Å². The zero-order valence-electron chi connectivity index (χ0n) is 9.33. The Labute approximate surface area is 94.3 Å². The maximum atomic E-state index is 13.2. The van der Waals surface area contributed by atoms with Gasteiger partial charge in [0.1, 0.15) is 5.75 Å². The Morgan fingerprint density at radius 3 is 2.75 bits per heavy atom. The van der Waals surface area contributed by atoms with E-state index in [0.29, 0.717) is 18.0 Å². The summed E-state index contributed by atoms with van der Waals surface area (Å²) in [5.41, 5.74) is 5.97. The lowest BCUT2D eigenvalue weighted by atomic mass is 10.2.